The fourth-order valence-electron chi connectivity index (χ4n) is 1.56. The number of hydrogen-bond acceptors (Lipinski definition) is 7. The maximum Gasteiger partial charge on any atom is 0.224 e. The van der Waals surface area contributed by atoms with Gasteiger partial charge >= 0.3 is 0 Å². The molecule has 0 aliphatic carbocycles. The summed E-state index contributed by atoms with van der Waals surface area (Å²) in [4.78, 5) is 16.3. The molecular weight excluding hydrogens is 218 g/mol. The number of nitrogen functional groups attached to an aromatic ring is 3. The van der Waals surface area contributed by atoms with Gasteiger partial charge in [0.15, 0.2) is 17.0 Å². The van der Waals surface area contributed by atoms with Gasteiger partial charge < -0.3 is 17.2 Å². The van der Waals surface area contributed by atoms with Crippen LogP contribution in [-0.4, -0.2) is 19.9 Å². The summed E-state index contributed by atoms with van der Waals surface area (Å²) < 4.78 is 0. The van der Waals surface area contributed by atoms with Crippen LogP contribution < -0.4 is 17.2 Å². The van der Waals surface area contributed by atoms with Crippen molar-refractivity contribution in [2.75, 3.05) is 17.2 Å². The fraction of sp³-hybridized carbons (Fsp3) is 0.400. The molecule has 0 aromatic carbocycles. The Morgan fingerprint density at radius 1 is 0.941 bits per heavy atom. The first-order chi connectivity index (χ1) is 8.11. The average Bonchev–Trinajstić information content (AvgIpc) is 2.26. The zero-order chi connectivity index (χ0) is 12.4. The molecular formula is C10H15N7. The molecule has 0 amide bonds. The van der Waals surface area contributed by atoms with Gasteiger partial charge in [0, 0.05) is 0 Å². The highest BCUT2D eigenvalue weighted by Gasteiger charge is 2.10. The summed E-state index contributed by atoms with van der Waals surface area (Å²) in [5.74, 6) is 0.686. The van der Waals surface area contributed by atoms with E-state index in [0.717, 1.165) is 25.0 Å². The van der Waals surface area contributed by atoms with Crippen LogP contribution in [0.5, 0.6) is 0 Å². The lowest BCUT2D eigenvalue weighted by atomic mass is 10.2. The van der Waals surface area contributed by atoms with E-state index in [1.54, 1.807) is 0 Å². The molecule has 0 fully saturated rings. The maximum atomic E-state index is 5.81. The summed E-state index contributed by atoms with van der Waals surface area (Å²) in [6.45, 7) is 2.10. The Balaban J connectivity index is 2.55. The van der Waals surface area contributed by atoms with Crippen LogP contribution in [0.15, 0.2) is 0 Å². The number of hydrogen-bond donors (Lipinski definition) is 3. The van der Waals surface area contributed by atoms with Crippen molar-refractivity contribution in [1.29, 1.82) is 0 Å². The first-order valence-electron chi connectivity index (χ1n) is 5.47. The summed E-state index contributed by atoms with van der Waals surface area (Å²) in [6, 6.07) is 0. The first-order valence-corrected chi connectivity index (χ1v) is 5.47. The lowest BCUT2D eigenvalue weighted by Gasteiger charge is -2.06. The van der Waals surface area contributed by atoms with E-state index < -0.39 is 0 Å². The molecule has 2 heterocycles. The molecule has 2 aromatic rings. The molecule has 0 spiro atoms. The van der Waals surface area contributed by atoms with E-state index in [4.69, 9.17) is 17.2 Å². The summed E-state index contributed by atoms with van der Waals surface area (Å²) >= 11 is 0. The van der Waals surface area contributed by atoms with Crippen molar-refractivity contribution in [2.45, 2.75) is 26.2 Å². The minimum absolute atomic E-state index is 0.0741. The summed E-state index contributed by atoms with van der Waals surface area (Å²) in [6.07, 6.45) is 2.84. The van der Waals surface area contributed by atoms with Crippen LogP contribution in [0.25, 0.3) is 11.2 Å². The number of rotatable bonds is 3. The Kier molecular flexibility index (Phi) is 2.90. The second-order valence-electron chi connectivity index (χ2n) is 3.80. The van der Waals surface area contributed by atoms with Gasteiger partial charge in [-0.15, -0.1) is 0 Å². The number of aromatic nitrogens is 4. The molecule has 0 saturated carbocycles. The molecule has 0 aliphatic heterocycles. The Morgan fingerprint density at radius 3 is 2.41 bits per heavy atom. The molecule has 0 bridgehead atoms. The van der Waals surface area contributed by atoms with E-state index in [1.807, 2.05) is 0 Å². The van der Waals surface area contributed by atoms with E-state index in [9.17, 15) is 0 Å². The number of nitrogens with zero attached hydrogens (tertiary/aromatic N) is 4. The van der Waals surface area contributed by atoms with Gasteiger partial charge in [-0.05, 0) is 12.8 Å². The van der Waals surface area contributed by atoms with E-state index in [-0.39, 0.29) is 11.8 Å². The van der Waals surface area contributed by atoms with Crippen LogP contribution >= 0.6 is 0 Å². The van der Waals surface area contributed by atoms with Gasteiger partial charge in [0.1, 0.15) is 5.82 Å². The van der Waals surface area contributed by atoms with Gasteiger partial charge in [-0.3, -0.25) is 0 Å². The molecule has 6 N–H and O–H groups in total. The van der Waals surface area contributed by atoms with Crippen LogP contribution in [0, 0.1) is 0 Å². The van der Waals surface area contributed by atoms with Crippen molar-refractivity contribution in [3.63, 3.8) is 0 Å². The number of nitrogens with two attached hydrogens (primary N) is 3. The third-order valence-corrected chi connectivity index (χ3v) is 2.45. The third kappa shape index (κ3) is 2.17. The molecule has 0 aliphatic rings. The number of unbranched alkanes of at least 4 members (excludes halogenated alkanes) is 1. The minimum Gasteiger partial charge on any atom is -0.382 e. The van der Waals surface area contributed by atoms with Crippen molar-refractivity contribution in [1.82, 2.24) is 19.9 Å². The van der Waals surface area contributed by atoms with Crippen molar-refractivity contribution in [3.05, 3.63) is 5.69 Å². The van der Waals surface area contributed by atoms with Gasteiger partial charge in [0.05, 0.1) is 5.69 Å². The van der Waals surface area contributed by atoms with Crippen LogP contribution in [-0.2, 0) is 6.42 Å². The lowest BCUT2D eigenvalue weighted by Crippen LogP contribution is -2.07. The molecule has 0 unspecified atom stereocenters. The summed E-state index contributed by atoms with van der Waals surface area (Å²) in [5.41, 5.74) is 18.6. The predicted octanol–water partition coefficient (Wildman–Crippen LogP) is 0.509. The summed E-state index contributed by atoms with van der Waals surface area (Å²) in [7, 11) is 0. The van der Waals surface area contributed by atoms with Crippen LogP contribution in [0.3, 0.4) is 0 Å². The second kappa shape index (κ2) is 4.36. The molecule has 7 nitrogen and oxygen atoms in total. The molecule has 0 saturated heterocycles. The topological polar surface area (TPSA) is 130 Å². The Hall–Kier alpha value is -2.18. The van der Waals surface area contributed by atoms with E-state index in [2.05, 4.69) is 26.9 Å². The highest BCUT2D eigenvalue weighted by Crippen LogP contribution is 2.19. The first kappa shape index (κ1) is 11.3. The minimum atomic E-state index is 0.0741. The molecule has 17 heavy (non-hydrogen) atoms. The molecule has 2 aromatic heterocycles. The predicted molar refractivity (Wildman–Crippen MR) is 67.0 cm³/mol. The molecule has 0 atom stereocenters. The Morgan fingerprint density at radius 2 is 1.71 bits per heavy atom. The summed E-state index contributed by atoms with van der Waals surface area (Å²) in [5, 5.41) is 0. The van der Waals surface area contributed by atoms with Crippen molar-refractivity contribution in [2.24, 2.45) is 0 Å². The second-order valence-corrected chi connectivity index (χ2v) is 3.80. The van der Waals surface area contributed by atoms with Crippen LogP contribution in [0.1, 0.15) is 25.5 Å². The van der Waals surface area contributed by atoms with Crippen LogP contribution in [0.4, 0.5) is 17.6 Å². The lowest BCUT2D eigenvalue weighted by molar-refractivity contribution is 0.778. The zero-order valence-corrected chi connectivity index (χ0v) is 9.64. The van der Waals surface area contributed by atoms with Gasteiger partial charge in [0.2, 0.25) is 5.95 Å². The van der Waals surface area contributed by atoms with Gasteiger partial charge in [-0.25, -0.2) is 9.97 Å². The largest absolute Gasteiger partial charge is 0.382 e. The molecule has 90 valence electrons. The van der Waals surface area contributed by atoms with Gasteiger partial charge in [-0.1, -0.05) is 13.3 Å². The quantitative estimate of drug-likeness (QED) is 0.704. The molecule has 0 radical (unpaired) electrons. The van der Waals surface area contributed by atoms with E-state index >= 15 is 0 Å². The normalized spacial score (nSPS) is 10.9. The van der Waals surface area contributed by atoms with E-state index in [1.165, 1.54) is 0 Å². The number of fused-ring (bicyclic) bond motifs is 1. The average molecular weight is 233 g/mol. The third-order valence-electron chi connectivity index (χ3n) is 2.45. The maximum absolute atomic E-state index is 5.81. The van der Waals surface area contributed by atoms with Gasteiger partial charge in [0.25, 0.3) is 0 Å². The van der Waals surface area contributed by atoms with E-state index in [0.29, 0.717) is 17.0 Å². The fourth-order valence-corrected chi connectivity index (χ4v) is 1.56. The van der Waals surface area contributed by atoms with Crippen molar-refractivity contribution in [3.8, 4) is 0 Å². The van der Waals surface area contributed by atoms with Crippen molar-refractivity contribution >= 4 is 28.7 Å². The SMILES string of the molecule is CCCCc1nc2c(N)nc(N)nc2nc1N. The number of aryl methyl sites for hydroxylation is 1. The highest BCUT2D eigenvalue weighted by molar-refractivity contribution is 5.83. The Bertz CT molecular complexity index is 552. The highest BCUT2D eigenvalue weighted by atomic mass is 15.1. The molecule has 7 heteroatoms. The standard InChI is InChI=1S/C10H15N7/c1-2-3-4-5-7(11)15-9-6(14-5)8(12)16-10(13)17-9/h2-4H2,1H3,(H6,11,12,13,15,16,17). The van der Waals surface area contributed by atoms with Crippen molar-refractivity contribution < 1.29 is 0 Å². The van der Waals surface area contributed by atoms with Crippen LogP contribution in [0.2, 0.25) is 0 Å². The van der Waals surface area contributed by atoms with Gasteiger partial charge in [-0.2, -0.15) is 9.97 Å². The smallest absolute Gasteiger partial charge is 0.224 e. The zero-order valence-electron chi connectivity index (χ0n) is 9.64. The number of anilines is 3. The molecule has 2 rings (SSSR count). The Labute approximate surface area is 98.5 Å². The monoisotopic (exact) mass is 233 g/mol.